The fraction of sp³-hybridized carbons (Fsp3) is 0.375. The van der Waals surface area contributed by atoms with Crippen LogP contribution in [-0.2, 0) is 14.3 Å². The molecule has 1 fully saturated rings. The SMILES string of the molecule is CCOC(=O)N1CCC(NC(=O)CNC(=O)C(Nc2cccc(C(=N)N)c2)c2ccccn2)CC1. The summed E-state index contributed by atoms with van der Waals surface area (Å²) in [6.07, 6.45) is 2.47. The summed E-state index contributed by atoms with van der Waals surface area (Å²) < 4.78 is 5.01. The van der Waals surface area contributed by atoms with Crippen LogP contribution in [0.15, 0.2) is 48.7 Å². The van der Waals surface area contributed by atoms with Crippen LogP contribution in [0.1, 0.15) is 37.1 Å². The molecule has 1 aliphatic rings. The summed E-state index contributed by atoms with van der Waals surface area (Å²) in [5, 5.41) is 16.3. The predicted octanol–water partition coefficient (Wildman–Crippen LogP) is 1.37. The standard InChI is InChI=1S/C24H31N7O4/c1-2-35-24(34)31-12-9-17(10-13-31)29-20(32)15-28-23(33)21(19-8-3-4-11-27-19)30-18-7-5-6-16(14-18)22(25)26/h3-8,11,14,17,21,30H,2,9-10,12-13,15H2,1H3,(H3,25,26)(H,28,33)(H,29,32). The van der Waals surface area contributed by atoms with Crippen LogP contribution in [0.3, 0.4) is 0 Å². The van der Waals surface area contributed by atoms with Crippen molar-refractivity contribution >= 4 is 29.4 Å². The first-order chi connectivity index (χ1) is 16.9. The first kappa shape index (κ1) is 25.5. The Hall–Kier alpha value is -4.15. The normalized spacial score (nSPS) is 14.5. The van der Waals surface area contributed by atoms with Crippen molar-refractivity contribution in [1.82, 2.24) is 20.5 Å². The van der Waals surface area contributed by atoms with E-state index in [1.54, 1.807) is 60.5 Å². The highest BCUT2D eigenvalue weighted by atomic mass is 16.6. The van der Waals surface area contributed by atoms with Gasteiger partial charge in [-0.1, -0.05) is 18.2 Å². The van der Waals surface area contributed by atoms with Gasteiger partial charge >= 0.3 is 6.09 Å². The van der Waals surface area contributed by atoms with E-state index in [1.807, 2.05) is 0 Å². The van der Waals surface area contributed by atoms with E-state index >= 15 is 0 Å². The Morgan fingerprint density at radius 2 is 1.97 bits per heavy atom. The molecule has 1 atom stereocenters. The summed E-state index contributed by atoms with van der Waals surface area (Å²) in [7, 11) is 0. The van der Waals surface area contributed by atoms with Gasteiger partial charge in [-0.15, -0.1) is 0 Å². The molecular formula is C24H31N7O4. The van der Waals surface area contributed by atoms with Crippen molar-refractivity contribution in [2.75, 3.05) is 31.6 Å². The lowest BCUT2D eigenvalue weighted by molar-refractivity contribution is -0.127. The first-order valence-electron chi connectivity index (χ1n) is 11.5. The van der Waals surface area contributed by atoms with E-state index < -0.39 is 11.9 Å². The maximum Gasteiger partial charge on any atom is 0.409 e. The Kier molecular flexibility index (Phi) is 8.99. The third kappa shape index (κ3) is 7.42. The van der Waals surface area contributed by atoms with Crippen molar-refractivity contribution in [2.45, 2.75) is 31.8 Å². The smallest absolute Gasteiger partial charge is 0.409 e. The van der Waals surface area contributed by atoms with E-state index in [-0.39, 0.29) is 30.4 Å². The molecule has 6 N–H and O–H groups in total. The molecule has 35 heavy (non-hydrogen) atoms. The molecule has 3 amide bonds. The van der Waals surface area contributed by atoms with Gasteiger partial charge in [0.2, 0.25) is 11.8 Å². The summed E-state index contributed by atoms with van der Waals surface area (Å²) in [6, 6.07) is 11.1. The van der Waals surface area contributed by atoms with Gasteiger partial charge in [0.1, 0.15) is 11.9 Å². The van der Waals surface area contributed by atoms with Crippen LogP contribution in [0.5, 0.6) is 0 Å². The summed E-state index contributed by atoms with van der Waals surface area (Å²) in [5.74, 6) is -0.826. The molecular weight excluding hydrogens is 450 g/mol. The number of nitrogens with two attached hydrogens (primary N) is 1. The molecule has 0 aliphatic carbocycles. The number of carbonyl (C=O) groups is 3. The number of nitrogens with zero attached hydrogens (tertiary/aromatic N) is 2. The molecule has 0 spiro atoms. The van der Waals surface area contributed by atoms with E-state index in [1.165, 1.54) is 0 Å². The molecule has 0 radical (unpaired) electrons. The number of carbonyl (C=O) groups excluding carboxylic acids is 3. The fourth-order valence-electron chi connectivity index (χ4n) is 3.73. The summed E-state index contributed by atoms with van der Waals surface area (Å²) in [5.41, 5.74) is 7.15. The molecule has 1 aromatic carbocycles. The number of nitrogens with one attached hydrogen (secondary N) is 4. The summed E-state index contributed by atoms with van der Waals surface area (Å²) in [6.45, 7) is 2.89. The first-order valence-corrected chi connectivity index (χ1v) is 11.5. The van der Waals surface area contributed by atoms with E-state index in [4.69, 9.17) is 15.9 Å². The molecule has 11 nitrogen and oxygen atoms in total. The molecule has 186 valence electrons. The number of amides is 3. The quantitative estimate of drug-likeness (QED) is 0.267. The zero-order chi connectivity index (χ0) is 25.2. The van der Waals surface area contributed by atoms with Crippen molar-refractivity contribution in [3.8, 4) is 0 Å². The number of pyridine rings is 1. The van der Waals surface area contributed by atoms with Crippen LogP contribution in [-0.4, -0.2) is 65.9 Å². The van der Waals surface area contributed by atoms with Crippen LogP contribution in [0, 0.1) is 5.41 Å². The number of aromatic nitrogens is 1. The number of nitrogen functional groups attached to an aromatic ring is 1. The Balaban J connectivity index is 1.56. The average Bonchev–Trinajstić information content (AvgIpc) is 2.87. The number of likely N-dealkylation sites (tertiary alicyclic amines) is 1. The lowest BCUT2D eigenvalue weighted by Crippen LogP contribution is -2.49. The number of benzene rings is 1. The van der Waals surface area contributed by atoms with Crippen LogP contribution >= 0.6 is 0 Å². The van der Waals surface area contributed by atoms with Crippen LogP contribution < -0.4 is 21.7 Å². The van der Waals surface area contributed by atoms with E-state index in [0.29, 0.717) is 49.5 Å². The monoisotopic (exact) mass is 481 g/mol. The minimum atomic E-state index is -0.862. The van der Waals surface area contributed by atoms with E-state index in [2.05, 4.69) is 20.9 Å². The van der Waals surface area contributed by atoms with E-state index in [9.17, 15) is 14.4 Å². The number of anilines is 1. The van der Waals surface area contributed by atoms with Gasteiger partial charge in [0, 0.05) is 36.6 Å². The molecule has 3 rings (SSSR count). The molecule has 1 saturated heterocycles. The molecule has 1 aromatic heterocycles. The van der Waals surface area contributed by atoms with Crippen LogP contribution in [0.25, 0.3) is 0 Å². The maximum atomic E-state index is 13.0. The van der Waals surface area contributed by atoms with Crippen molar-refractivity contribution in [3.63, 3.8) is 0 Å². The molecule has 2 aromatic rings. The number of amidine groups is 1. The average molecular weight is 482 g/mol. The number of hydrogen-bond acceptors (Lipinski definition) is 7. The third-order valence-electron chi connectivity index (χ3n) is 5.54. The van der Waals surface area contributed by atoms with Gasteiger partial charge in [-0.25, -0.2) is 4.79 Å². The highest BCUT2D eigenvalue weighted by Gasteiger charge is 2.26. The molecule has 1 aliphatic heterocycles. The minimum absolute atomic E-state index is 0.0795. The lowest BCUT2D eigenvalue weighted by atomic mass is 10.1. The zero-order valence-electron chi connectivity index (χ0n) is 19.6. The minimum Gasteiger partial charge on any atom is -0.450 e. The van der Waals surface area contributed by atoms with Gasteiger partial charge in [-0.3, -0.25) is 20.0 Å². The van der Waals surface area contributed by atoms with Gasteiger partial charge in [0.15, 0.2) is 0 Å². The van der Waals surface area contributed by atoms with Gasteiger partial charge in [-0.2, -0.15) is 0 Å². The molecule has 0 saturated carbocycles. The Morgan fingerprint density at radius 3 is 2.63 bits per heavy atom. The highest BCUT2D eigenvalue weighted by molar-refractivity contribution is 5.96. The third-order valence-corrected chi connectivity index (χ3v) is 5.54. The predicted molar refractivity (Wildman–Crippen MR) is 131 cm³/mol. The zero-order valence-corrected chi connectivity index (χ0v) is 19.6. The van der Waals surface area contributed by atoms with Crippen molar-refractivity contribution in [1.29, 1.82) is 5.41 Å². The summed E-state index contributed by atoms with van der Waals surface area (Å²) in [4.78, 5) is 43.2. The van der Waals surface area contributed by atoms with Gasteiger partial charge in [0.05, 0.1) is 18.8 Å². The topological polar surface area (TPSA) is 163 Å². The van der Waals surface area contributed by atoms with E-state index in [0.717, 1.165) is 0 Å². The second-order valence-electron chi connectivity index (χ2n) is 8.07. The molecule has 0 bridgehead atoms. The Bertz CT molecular complexity index is 1040. The Morgan fingerprint density at radius 1 is 1.20 bits per heavy atom. The van der Waals surface area contributed by atoms with Crippen molar-refractivity contribution < 1.29 is 19.1 Å². The number of ether oxygens (including phenoxy) is 1. The fourth-order valence-corrected chi connectivity index (χ4v) is 3.73. The molecule has 2 heterocycles. The van der Waals surface area contributed by atoms with Gasteiger partial charge in [-0.05, 0) is 44.0 Å². The van der Waals surface area contributed by atoms with Gasteiger partial charge < -0.3 is 31.3 Å². The van der Waals surface area contributed by atoms with Crippen LogP contribution in [0.4, 0.5) is 10.5 Å². The molecule has 1 unspecified atom stereocenters. The second-order valence-corrected chi connectivity index (χ2v) is 8.07. The lowest BCUT2D eigenvalue weighted by Gasteiger charge is -2.31. The van der Waals surface area contributed by atoms with Gasteiger partial charge in [0.25, 0.3) is 0 Å². The highest BCUT2D eigenvalue weighted by Crippen LogP contribution is 2.19. The molecule has 11 heteroatoms. The largest absolute Gasteiger partial charge is 0.450 e. The number of rotatable bonds is 9. The number of hydrogen-bond donors (Lipinski definition) is 5. The maximum absolute atomic E-state index is 13.0. The summed E-state index contributed by atoms with van der Waals surface area (Å²) >= 11 is 0. The van der Waals surface area contributed by atoms with Crippen molar-refractivity contribution in [3.05, 3.63) is 59.9 Å². The van der Waals surface area contributed by atoms with Crippen molar-refractivity contribution in [2.24, 2.45) is 5.73 Å². The van der Waals surface area contributed by atoms with Crippen LogP contribution in [0.2, 0.25) is 0 Å². The second kappa shape index (κ2) is 12.4. The Labute approximate surface area is 203 Å². The number of piperidine rings is 1.